The third kappa shape index (κ3) is 3.79. The summed E-state index contributed by atoms with van der Waals surface area (Å²) in [5, 5.41) is 11.4. The van der Waals surface area contributed by atoms with Crippen LogP contribution < -0.4 is 4.74 Å². The number of nitro benzene ring substituents is 1. The summed E-state index contributed by atoms with van der Waals surface area (Å²) in [4.78, 5) is 9.94. The summed E-state index contributed by atoms with van der Waals surface area (Å²) in [6, 6.07) is 9.54. The van der Waals surface area contributed by atoms with E-state index in [1.807, 2.05) is 12.1 Å². The van der Waals surface area contributed by atoms with Crippen LogP contribution in [0.4, 0.5) is 10.1 Å². The fourth-order valence-electron chi connectivity index (χ4n) is 1.72. The third-order valence-corrected chi connectivity index (χ3v) is 4.06. The van der Waals surface area contributed by atoms with E-state index in [2.05, 4.69) is 31.9 Å². The lowest BCUT2D eigenvalue weighted by Crippen LogP contribution is -2.02. The molecule has 2 aromatic rings. The summed E-state index contributed by atoms with van der Waals surface area (Å²) >= 11 is 6.72. The molecule has 4 nitrogen and oxygen atoms in total. The van der Waals surface area contributed by atoms with E-state index in [0.717, 1.165) is 16.1 Å². The van der Waals surface area contributed by atoms with Crippen molar-refractivity contribution in [2.24, 2.45) is 0 Å². The predicted molar refractivity (Wildman–Crippen MR) is 84.2 cm³/mol. The first-order valence-corrected chi connectivity index (χ1v) is 7.83. The summed E-state index contributed by atoms with van der Waals surface area (Å²) in [5.41, 5.74) is 0.654. The van der Waals surface area contributed by atoms with Crippen molar-refractivity contribution in [3.05, 3.63) is 67.9 Å². The van der Waals surface area contributed by atoms with Gasteiger partial charge < -0.3 is 4.74 Å². The smallest absolute Gasteiger partial charge is 0.305 e. The van der Waals surface area contributed by atoms with E-state index in [-0.39, 0.29) is 12.2 Å². The Morgan fingerprint density at radius 3 is 2.67 bits per heavy atom. The highest BCUT2D eigenvalue weighted by molar-refractivity contribution is 9.10. The van der Waals surface area contributed by atoms with Crippen LogP contribution in [-0.2, 0) is 11.9 Å². The second kappa shape index (κ2) is 7.00. The fourth-order valence-corrected chi connectivity index (χ4v) is 2.61. The Balaban J connectivity index is 2.17. The van der Waals surface area contributed by atoms with E-state index >= 15 is 0 Å². The van der Waals surface area contributed by atoms with Gasteiger partial charge in [0.2, 0.25) is 5.82 Å². The highest BCUT2D eigenvalue weighted by Crippen LogP contribution is 2.28. The van der Waals surface area contributed by atoms with Crippen molar-refractivity contribution in [1.29, 1.82) is 0 Å². The molecule has 0 radical (unpaired) electrons. The van der Waals surface area contributed by atoms with Gasteiger partial charge in [-0.15, -0.1) is 0 Å². The molecule has 2 rings (SSSR count). The Kier molecular flexibility index (Phi) is 5.30. The largest absolute Gasteiger partial charge is 0.488 e. The molecule has 7 heteroatoms. The maximum Gasteiger partial charge on any atom is 0.305 e. The number of nitro groups is 1. The van der Waals surface area contributed by atoms with Crippen molar-refractivity contribution in [2.75, 3.05) is 0 Å². The lowest BCUT2D eigenvalue weighted by Gasteiger charge is -2.10. The quantitative estimate of drug-likeness (QED) is 0.391. The van der Waals surface area contributed by atoms with Crippen molar-refractivity contribution in [1.82, 2.24) is 0 Å². The first-order chi connectivity index (χ1) is 10.0. The molecule has 0 bridgehead atoms. The van der Waals surface area contributed by atoms with Gasteiger partial charge in [-0.2, -0.15) is 4.39 Å². The second-order valence-corrected chi connectivity index (χ2v) is 5.61. The molecular weight excluding hydrogens is 409 g/mol. The zero-order valence-electron chi connectivity index (χ0n) is 10.7. The molecule has 0 aromatic heterocycles. The Bertz CT molecular complexity index is 679. The Hall–Kier alpha value is -1.47. The van der Waals surface area contributed by atoms with Crippen LogP contribution in [0.15, 0.2) is 40.9 Å². The molecule has 0 aliphatic carbocycles. The molecule has 0 saturated heterocycles. The monoisotopic (exact) mass is 417 g/mol. The van der Waals surface area contributed by atoms with Gasteiger partial charge in [-0.3, -0.25) is 10.1 Å². The van der Waals surface area contributed by atoms with Gasteiger partial charge in [0.25, 0.3) is 0 Å². The molecule has 0 spiro atoms. The number of rotatable bonds is 5. The first-order valence-electron chi connectivity index (χ1n) is 5.92. The number of hydrogen-bond donors (Lipinski definition) is 0. The second-order valence-electron chi connectivity index (χ2n) is 4.19. The minimum absolute atomic E-state index is 0.0836. The SMILES string of the molecule is O=[N+]([O-])c1cccc(COc2ccc(CBr)cc2Br)c1F. The Morgan fingerprint density at radius 2 is 2.05 bits per heavy atom. The van der Waals surface area contributed by atoms with Crippen LogP contribution in [0.5, 0.6) is 5.75 Å². The summed E-state index contributed by atoms with van der Waals surface area (Å²) in [5.74, 6) is -0.318. The average Bonchev–Trinajstić information content (AvgIpc) is 2.46. The van der Waals surface area contributed by atoms with Crippen LogP contribution >= 0.6 is 31.9 Å². The Morgan fingerprint density at radius 1 is 1.29 bits per heavy atom. The first kappa shape index (κ1) is 15.9. The maximum atomic E-state index is 13.9. The number of halogens is 3. The number of benzene rings is 2. The van der Waals surface area contributed by atoms with Crippen LogP contribution in [0.25, 0.3) is 0 Å². The normalized spacial score (nSPS) is 10.4. The van der Waals surface area contributed by atoms with E-state index in [9.17, 15) is 14.5 Å². The summed E-state index contributed by atoms with van der Waals surface area (Å²) in [6.07, 6.45) is 0. The van der Waals surface area contributed by atoms with Crippen molar-refractivity contribution in [3.63, 3.8) is 0 Å². The van der Waals surface area contributed by atoms with E-state index in [0.29, 0.717) is 11.1 Å². The van der Waals surface area contributed by atoms with Gasteiger partial charge in [-0.05, 0) is 33.6 Å². The summed E-state index contributed by atoms with van der Waals surface area (Å²) in [6.45, 7) is -0.0836. The minimum atomic E-state index is -0.865. The van der Waals surface area contributed by atoms with Gasteiger partial charge in [0.15, 0.2) is 0 Å². The lowest BCUT2D eigenvalue weighted by atomic mass is 10.2. The van der Waals surface area contributed by atoms with Crippen molar-refractivity contribution in [2.45, 2.75) is 11.9 Å². The highest BCUT2D eigenvalue weighted by atomic mass is 79.9. The predicted octanol–water partition coefficient (Wildman–Crippen LogP) is 4.97. The van der Waals surface area contributed by atoms with Gasteiger partial charge in [0.1, 0.15) is 12.4 Å². The van der Waals surface area contributed by atoms with E-state index in [1.165, 1.54) is 12.1 Å². The van der Waals surface area contributed by atoms with E-state index < -0.39 is 16.4 Å². The maximum absolute atomic E-state index is 13.9. The van der Waals surface area contributed by atoms with Gasteiger partial charge in [0.05, 0.1) is 9.40 Å². The van der Waals surface area contributed by atoms with Crippen LogP contribution in [0.2, 0.25) is 0 Å². The van der Waals surface area contributed by atoms with E-state index in [1.54, 1.807) is 6.07 Å². The number of nitrogens with zero attached hydrogens (tertiary/aromatic N) is 1. The molecule has 0 fully saturated rings. The van der Waals surface area contributed by atoms with Crippen molar-refractivity contribution >= 4 is 37.5 Å². The third-order valence-electron chi connectivity index (χ3n) is 2.79. The zero-order chi connectivity index (χ0) is 15.4. The van der Waals surface area contributed by atoms with Gasteiger partial charge >= 0.3 is 5.69 Å². The molecule has 0 heterocycles. The minimum Gasteiger partial charge on any atom is -0.488 e. The molecule has 110 valence electrons. The highest BCUT2D eigenvalue weighted by Gasteiger charge is 2.17. The molecule has 0 N–H and O–H groups in total. The average molecular weight is 419 g/mol. The van der Waals surface area contributed by atoms with Crippen LogP contribution in [-0.4, -0.2) is 4.92 Å². The van der Waals surface area contributed by atoms with Gasteiger partial charge in [0, 0.05) is 17.0 Å². The summed E-state index contributed by atoms with van der Waals surface area (Å²) in [7, 11) is 0. The Labute approximate surface area is 137 Å². The summed E-state index contributed by atoms with van der Waals surface area (Å²) < 4.78 is 20.2. The van der Waals surface area contributed by atoms with E-state index in [4.69, 9.17) is 4.74 Å². The topological polar surface area (TPSA) is 52.4 Å². The number of ether oxygens (including phenoxy) is 1. The van der Waals surface area contributed by atoms with Gasteiger partial charge in [-0.25, -0.2) is 0 Å². The van der Waals surface area contributed by atoms with Crippen LogP contribution in [0, 0.1) is 15.9 Å². The molecule has 0 amide bonds. The van der Waals surface area contributed by atoms with Gasteiger partial charge in [-0.1, -0.05) is 34.1 Å². The molecule has 2 aromatic carbocycles. The van der Waals surface area contributed by atoms with Crippen molar-refractivity contribution < 1.29 is 14.1 Å². The molecule has 0 saturated carbocycles. The lowest BCUT2D eigenvalue weighted by molar-refractivity contribution is -0.387. The molecule has 0 atom stereocenters. The molecule has 0 unspecified atom stereocenters. The zero-order valence-corrected chi connectivity index (χ0v) is 13.9. The van der Waals surface area contributed by atoms with Crippen LogP contribution in [0.3, 0.4) is 0 Å². The molecular formula is C14H10Br2FNO3. The molecule has 0 aliphatic rings. The molecule has 21 heavy (non-hydrogen) atoms. The number of alkyl halides is 1. The number of hydrogen-bond acceptors (Lipinski definition) is 3. The fraction of sp³-hybridized carbons (Fsp3) is 0.143. The molecule has 0 aliphatic heterocycles. The standard InChI is InChI=1S/C14H10Br2FNO3/c15-7-9-4-5-13(11(16)6-9)21-8-10-2-1-3-12(14(10)17)18(19)20/h1-6H,7-8H2. The van der Waals surface area contributed by atoms with Crippen LogP contribution in [0.1, 0.15) is 11.1 Å². The van der Waals surface area contributed by atoms with Crippen molar-refractivity contribution in [3.8, 4) is 5.75 Å².